The standard InChI is InChI=1S/C16H14BrClO4/c1-20-16-8-11(10-19)2-4-15(16)22-7-6-21-14-5-3-12(17)9-13(14)18/h2-5,8-10H,6-7H2,1H3. The van der Waals surface area contributed by atoms with Gasteiger partial charge in [0.15, 0.2) is 11.5 Å². The van der Waals surface area contributed by atoms with E-state index in [1.54, 1.807) is 30.3 Å². The molecule has 2 aromatic rings. The van der Waals surface area contributed by atoms with Crippen LogP contribution in [-0.2, 0) is 0 Å². The highest BCUT2D eigenvalue weighted by atomic mass is 79.9. The first-order valence-corrected chi connectivity index (χ1v) is 7.65. The first-order chi connectivity index (χ1) is 10.6. The Morgan fingerprint density at radius 2 is 1.73 bits per heavy atom. The van der Waals surface area contributed by atoms with E-state index < -0.39 is 0 Å². The predicted octanol–water partition coefficient (Wildman–Crippen LogP) is 4.38. The van der Waals surface area contributed by atoms with Gasteiger partial charge < -0.3 is 14.2 Å². The molecule has 0 saturated carbocycles. The fourth-order valence-electron chi connectivity index (χ4n) is 1.77. The molecule has 0 saturated heterocycles. The van der Waals surface area contributed by atoms with E-state index in [4.69, 9.17) is 25.8 Å². The van der Waals surface area contributed by atoms with Crippen LogP contribution in [0.1, 0.15) is 10.4 Å². The van der Waals surface area contributed by atoms with E-state index in [-0.39, 0.29) is 0 Å². The lowest BCUT2D eigenvalue weighted by atomic mass is 10.2. The second-order valence-corrected chi connectivity index (χ2v) is 5.62. The maximum Gasteiger partial charge on any atom is 0.161 e. The summed E-state index contributed by atoms with van der Waals surface area (Å²) in [6.45, 7) is 0.656. The molecule has 0 heterocycles. The Balaban J connectivity index is 1.90. The van der Waals surface area contributed by atoms with Gasteiger partial charge in [-0.25, -0.2) is 0 Å². The molecule has 0 atom stereocenters. The second kappa shape index (κ2) is 8.06. The van der Waals surface area contributed by atoms with Gasteiger partial charge in [-0.2, -0.15) is 0 Å². The number of aldehydes is 1. The van der Waals surface area contributed by atoms with Crippen molar-refractivity contribution in [1.82, 2.24) is 0 Å². The molecular formula is C16H14BrClO4. The molecule has 0 spiro atoms. The molecule has 0 fully saturated rings. The third kappa shape index (κ3) is 4.39. The Bertz CT molecular complexity index is 661. The molecule has 22 heavy (non-hydrogen) atoms. The molecule has 0 unspecified atom stereocenters. The molecule has 0 aliphatic rings. The Morgan fingerprint density at radius 1 is 1.05 bits per heavy atom. The number of carbonyl (C=O) groups excluding carboxylic acids is 1. The number of methoxy groups -OCH3 is 1. The van der Waals surface area contributed by atoms with Crippen LogP contribution in [0.25, 0.3) is 0 Å². The van der Waals surface area contributed by atoms with Crippen molar-refractivity contribution in [2.75, 3.05) is 20.3 Å². The molecule has 0 bridgehead atoms. The van der Waals surface area contributed by atoms with Gasteiger partial charge in [-0.1, -0.05) is 27.5 Å². The summed E-state index contributed by atoms with van der Waals surface area (Å²) in [6, 6.07) is 10.4. The molecule has 0 aromatic heterocycles. The van der Waals surface area contributed by atoms with Crippen LogP contribution in [0, 0.1) is 0 Å². The lowest BCUT2D eigenvalue weighted by Crippen LogP contribution is -2.09. The predicted molar refractivity (Wildman–Crippen MR) is 88.5 cm³/mol. The molecular weight excluding hydrogens is 372 g/mol. The molecule has 0 radical (unpaired) electrons. The fourth-order valence-corrected chi connectivity index (χ4v) is 2.50. The SMILES string of the molecule is COc1cc(C=O)ccc1OCCOc1ccc(Br)cc1Cl. The van der Waals surface area contributed by atoms with Crippen LogP contribution in [0.3, 0.4) is 0 Å². The normalized spacial score (nSPS) is 10.1. The Morgan fingerprint density at radius 3 is 2.36 bits per heavy atom. The summed E-state index contributed by atoms with van der Waals surface area (Å²) in [5, 5.41) is 0.530. The van der Waals surface area contributed by atoms with E-state index in [1.807, 2.05) is 6.07 Å². The molecule has 6 heteroatoms. The van der Waals surface area contributed by atoms with Crippen molar-refractivity contribution in [1.29, 1.82) is 0 Å². The number of benzene rings is 2. The third-order valence-corrected chi connectivity index (χ3v) is 3.60. The highest BCUT2D eigenvalue weighted by molar-refractivity contribution is 9.10. The fraction of sp³-hybridized carbons (Fsp3) is 0.188. The van der Waals surface area contributed by atoms with E-state index in [0.717, 1.165) is 10.8 Å². The van der Waals surface area contributed by atoms with Crippen molar-refractivity contribution in [3.05, 3.63) is 51.5 Å². The third-order valence-electron chi connectivity index (χ3n) is 2.82. The van der Waals surface area contributed by atoms with Crippen molar-refractivity contribution in [3.63, 3.8) is 0 Å². The summed E-state index contributed by atoms with van der Waals surface area (Å²) in [7, 11) is 1.52. The van der Waals surface area contributed by atoms with Crippen molar-refractivity contribution >= 4 is 33.8 Å². The topological polar surface area (TPSA) is 44.8 Å². The number of halogens is 2. The zero-order valence-corrected chi connectivity index (χ0v) is 14.2. The summed E-state index contributed by atoms with van der Waals surface area (Å²) in [4.78, 5) is 10.7. The first kappa shape index (κ1) is 16.6. The summed E-state index contributed by atoms with van der Waals surface area (Å²) in [5.74, 6) is 1.65. The quantitative estimate of drug-likeness (QED) is 0.524. The number of hydrogen-bond acceptors (Lipinski definition) is 4. The molecule has 4 nitrogen and oxygen atoms in total. The van der Waals surface area contributed by atoms with Gasteiger partial charge in [0.2, 0.25) is 0 Å². The van der Waals surface area contributed by atoms with Crippen LogP contribution < -0.4 is 14.2 Å². The Kier molecular flexibility index (Phi) is 6.10. The van der Waals surface area contributed by atoms with Crippen molar-refractivity contribution in [3.8, 4) is 17.2 Å². The minimum Gasteiger partial charge on any atom is -0.493 e. The second-order valence-electron chi connectivity index (χ2n) is 4.30. The molecule has 0 aliphatic carbocycles. The van der Waals surface area contributed by atoms with E-state index in [9.17, 15) is 4.79 Å². The first-order valence-electron chi connectivity index (χ1n) is 6.48. The monoisotopic (exact) mass is 384 g/mol. The minimum absolute atomic E-state index is 0.323. The van der Waals surface area contributed by atoms with Crippen LogP contribution >= 0.6 is 27.5 Å². The smallest absolute Gasteiger partial charge is 0.161 e. The van der Waals surface area contributed by atoms with Crippen LogP contribution in [-0.4, -0.2) is 26.6 Å². The molecule has 0 N–H and O–H groups in total. The van der Waals surface area contributed by atoms with E-state index in [0.29, 0.717) is 41.0 Å². The number of ether oxygens (including phenoxy) is 3. The summed E-state index contributed by atoms with van der Waals surface area (Å²) >= 11 is 9.39. The van der Waals surface area contributed by atoms with Crippen LogP contribution in [0.5, 0.6) is 17.2 Å². The summed E-state index contributed by atoms with van der Waals surface area (Å²) < 4.78 is 17.2. The van der Waals surface area contributed by atoms with E-state index >= 15 is 0 Å². The zero-order chi connectivity index (χ0) is 15.9. The molecule has 116 valence electrons. The van der Waals surface area contributed by atoms with Crippen molar-refractivity contribution < 1.29 is 19.0 Å². The Hall–Kier alpha value is -1.72. The van der Waals surface area contributed by atoms with Gasteiger partial charge in [-0.15, -0.1) is 0 Å². The highest BCUT2D eigenvalue weighted by Gasteiger charge is 2.06. The summed E-state index contributed by atoms with van der Waals surface area (Å²) in [6.07, 6.45) is 0.755. The lowest BCUT2D eigenvalue weighted by molar-refractivity contribution is 0.112. The average molecular weight is 386 g/mol. The molecule has 2 rings (SSSR count). The maximum absolute atomic E-state index is 10.7. The van der Waals surface area contributed by atoms with Gasteiger partial charge in [0.05, 0.1) is 12.1 Å². The Labute approximate surface area is 142 Å². The van der Waals surface area contributed by atoms with Crippen LogP contribution in [0.2, 0.25) is 5.02 Å². The minimum atomic E-state index is 0.323. The number of hydrogen-bond donors (Lipinski definition) is 0. The molecule has 0 aliphatic heterocycles. The largest absolute Gasteiger partial charge is 0.493 e. The van der Waals surface area contributed by atoms with Gasteiger partial charge in [-0.05, 0) is 36.4 Å². The van der Waals surface area contributed by atoms with Gasteiger partial charge in [0, 0.05) is 10.0 Å². The van der Waals surface area contributed by atoms with E-state index in [2.05, 4.69) is 15.9 Å². The highest BCUT2D eigenvalue weighted by Crippen LogP contribution is 2.29. The van der Waals surface area contributed by atoms with Gasteiger partial charge in [0.1, 0.15) is 25.2 Å². The van der Waals surface area contributed by atoms with Gasteiger partial charge in [0.25, 0.3) is 0 Å². The van der Waals surface area contributed by atoms with Crippen LogP contribution in [0.4, 0.5) is 0 Å². The molecule has 2 aromatic carbocycles. The van der Waals surface area contributed by atoms with Crippen molar-refractivity contribution in [2.24, 2.45) is 0 Å². The van der Waals surface area contributed by atoms with Crippen LogP contribution in [0.15, 0.2) is 40.9 Å². The maximum atomic E-state index is 10.7. The summed E-state index contributed by atoms with van der Waals surface area (Å²) in [5.41, 5.74) is 0.530. The lowest BCUT2D eigenvalue weighted by Gasteiger charge is -2.12. The number of rotatable bonds is 7. The molecule has 0 amide bonds. The van der Waals surface area contributed by atoms with Crippen molar-refractivity contribution in [2.45, 2.75) is 0 Å². The average Bonchev–Trinajstić information content (AvgIpc) is 2.53. The van der Waals surface area contributed by atoms with Gasteiger partial charge in [-0.3, -0.25) is 4.79 Å². The zero-order valence-electron chi connectivity index (χ0n) is 11.8. The number of carbonyl (C=O) groups is 1. The van der Waals surface area contributed by atoms with Gasteiger partial charge >= 0.3 is 0 Å². The van der Waals surface area contributed by atoms with E-state index in [1.165, 1.54) is 7.11 Å².